The van der Waals surface area contributed by atoms with E-state index in [0.717, 1.165) is 18.4 Å². The van der Waals surface area contributed by atoms with Gasteiger partial charge < -0.3 is 4.42 Å². The Bertz CT molecular complexity index is 301. The Hall–Kier alpha value is -1.05. The smallest absolute Gasteiger partial charge is 0.338 e. The van der Waals surface area contributed by atoms with Crippen molar-refractivity contribution in [1.82, 2.24) is 0 Å². The molecule has 2 heteroatoms. The number of aryl methyl sites for hydroxylation is 1. The highest BCUT2D eigenvalue weighted by atomic mass is 16.4. The Morgan fingerprint density at radius 1 is 1.21 bits per heavy atom. The van der Waals surface area contributed by atoms with Crippen LogP contribution in [0.25, 0.3) is 0 Å². The lowest BCUT2D eigenvalue weighted by molar-refractivity contribution is 0.498. The van der Waals surface area contributed by atoms with Gasteiger partial charge >= 0.3 is 5.63 Å². The van der Waals surface area contributed by atoms with Gasteiger partial charge in [-0.2, -0.15) is 0 Å². The van der Waals surface area contributed by atoms with E-state index in [0.29, 0.717) is 0 Å². The first kappa shape index (κ1) is 11.0. The van der Waals surface area contributed by atoms with Crippen molar-refractivity contribution in [2.45, 2.75) is 45.4 Å². The molecule has 0 N–H and O–H groups in total. The van der Waals surface area contributed by atoms with Gasteiger partial charge in [-0.15, -0.1) is 0 Å². The topological polar surface area (TPSA) is 30.2 Å². The van der Waals surface area contributed by atoms with Crippen LogP contribution in [0.3, 0.4) is 0 Å². The highest BCUT2D eigenvalue weighted by Crippen LogP contribution is 2.05. The van der Waals surface area contributed by atoms with E-state index in [1.807, 2.05) is 6.07 Å². The zero-order chi connectivity index (χ0) is 10.2. The van der Waals surface area contributed by atoms with E-state index in [-0.39, 0.29) is 5.63 Å². The first-order valence-electron chi connectivity index (χ1n) is 5.41. The lowest BCUT2D eigenvalue weighted by Crippen LogP contribution is -2.05. The molecule has 78 valence electrons. The normalized spacial score (nSPS) is 10.4. The number of hydrogen-bond donors (Lipinski definition) is 0. The average Bonchev–Trinajstić information content (AvgIpc) is 2.20. The fraction of sp³-hybridized carbons (Fsp3) is 0.583. The van der Waals surface area contributed by atoms with Crippen molar-refractivity contribution in [2.24, 2.45) is 0 Å². The van der Waals surface area contributed by atoms with Crippen molar-refractivity contribution in [3.63, 3.8) is 0 Å². The molecule has 0 fully saturated rings. The van der Waals surface area contributed by atoms with E-state index in [1.54, 1.807) is 6.07 Å². The molecule has 0 aliphatic rings. The van der Waals surface area contributed by atoms with Gasteiger partial charge in [-0.25, -0.2) is 4.79 Å². The highest BCUT2D eigenvalue weighted by Gasteiger charge is 1.98. The average molecular weight is 194 g/mol. The van der Waals surface area contributed by atoms with E-state index >= 15 is 0 Å². The summed E-state index contributed by atoms with van der Waals surface area (Å²) in [6.07, 6.45) is 8.41. The summed E-state index contributed by atoms with van der Waals surface area (Å²) in [4.78, 5) is 11.2. The summed E-state index contributed by atoms with van der Waals surface area (Å²) in [7, 11) is 0. The van der Waals surface area contributed by atoms with Crippen LogP contribution in [0.4, 0.5) is 0 Å². The summed E-state index contributed by atoms with van der Waals surface area (Å²) in [6.45, 7) is 2.20. The molecule has 0 spiro atoms. The second-order valence-corrected chi connectivity index (χ2v) is 3.59. The second-order valence-electron chi connectivity index (χ2n) is 3.59. The first-order valence-corrected chi connectivity index (χ1v) is 5.41. The molecule has 1 aromatic heterocycles. The van der Waals surface area contributed by atoms with Crippen LogP contribution in [0, 0.1) is 0 Å². The SMILES string of the molecule is CCCCCCCc1cccoc1=O. The highest BCUT2D eigenvalue weighted by molar-refractivity contribution is 5.06. The third-order valence-corrected chi connectivity index (χ3v) is 2.36. The Kier molecular flexibility index (Phi) is 5.05. The lowest BCUT2D eigenvalue weighted by Gasteiger charge is -1.99. The van der Waals surface area contributed by atoms with E-state index in [4.69, 9.17) is 4.42 Å². The molecule has 2 nitrogen and oxygen atoms in total. The molecule has 0 aliphatic heterocycles. The van der Waals surface area contributed by atoms with Crippen molar-refractivity contribution in [3.8, 4) is 0 Å². The molecule has 1 aromatic rings. The molecule has 0 amide bonds. The van der Waals surface area contributed by atoms with Gasteiger partial charge in [0.25, 0.3) is 0 Å². The van der Waals surface area contributed by atoms with Crippen LogP contribution in [-0.4, -0.2) is 0 Å². The zero-order valence-corrected chi connectivity index (χ0v) is 8.79. The van der Waals surface area contributed by atoms with Gasteiger partial charge in [0.05, 0.1) is 6.26 Å². The van der Waals surface area contributed by atoms with Gasteiger partial charge in [0, 0.05) is 5.56 Å². The molecular formula is C12H18O2. The van der Waals surface area contributed by atoms with Crippen LogP contribution in [0.15, 0.2) is 27.6 Å². The van der Waals surface area contributed by atoms with Crippen molar-refractivity contribution in [1.29, 1.82) is 0 Å². The van der Waals surface area contributed by atoms with Crippen molar-refractivity contribution in [3.05, 3.63) is 34.4 Å². The summed E-state index contributed by atoms with van der Waals surface area (Å²) in [5, 5.41) is 0. The minimum atomic E-state index is -0.178. The maximum absolute atomic E-state index is 11.2. The fourth-order valence-electron chi connectivity index (χ4n) is 1.50. The molecule has 0 aromatic carbocycles. The van der Waals surface area contributed by atoms with Crippen molar-refractivity contribution >= 4 is 0 Å². The molecule has 0 radical (unpaired) electrons. The monoisotopic (exact) mass is 194 g/mol. The summed E-state index contributed by atoms with van der Waals surface area (Å²) in [5.41, 5.74) is 0.631. The Morgan fingerprint density at radius 3 is 2.71 bits per heavy atom. The van der Waals surface area contributed by atoms with Gasteiger partial charge in [-0.1, -0.05) is 32.6 Å². The van der Waals surface area contributed by atoms with Gasteiger partial charge in [0.2, 0.25) is 0 Å². The molecule has 1 rings (SSSR count). The van der Waals surface area contributed by atoms with Crippen LogP contribution in [0.5, 0.6) is 0 Å². The Morgan fingerprint density at radius 2 is 2.00 bits per heavy atom. The van der Waals surface area contributed by atoms with Crippen LogP contribution >= 0.6 is 0 Å². The number of hydrogen-bond acceptors (Lipinski definition) is 2. The quantitative estimate of drug-likeness (QED) is 0.651. The molecule has 0 atom stereocenters. The lowest BCUT2D eigenvalue weighted by atomic mass is 10.1. The van der Waals surface area contributed by atoms with E-state index in [2.05, 4.69) is 6.92 Å². The Balaban J connectivity index is 2.25. The summed E-state index contributed by atoms with van der Waals surface area (Å²) in [6, 6.07) is 3.63. The van der Waals surface area contributed by atoms with Gasteiger partial charge in [-0.3, -0.25) is 0 Å². The van der Waals surface area contributed by atoms with Crippen molar-refractivity contribution < 1.29 is 4.42 Å². The summed E-state index contributed by atoms with van der Waals surface area (Å²) < 4.78 is 4.78. The minimum Gasteiger partial charge on any atom is -0.431 e. The van der Waals surface area contributed by atoms with Gasteiger partial charge in [0.1, 0.15) is 0 Å². The molecule has 14 heavy (non-hydrogen) atoms. The van der Waals surface area contributed by atoms with Crippen LogP contribution in [-0.2, 0) is 6.42 Å². The maximum Gasteiger partial charge on any atom is 0.338 e. The van der Waals surface area contributed by atoms with E-state index < -0.39 is 0 Å². The van der Waals surface area contributed by atoms with Crippen LogP contribution in [0.2, 0.25) is 0 Å². The predicted molar refractivity (Wildman–Crippen MR) is 57.4 cm³/mol. The van der Waals surface area contributed by atoms with Crippen LogP contribution in [0.1, 0.15) is 44.6 Å². The predicted octanol–water partition coefficient (Wildman–Crippen LogP) is 3.15. The molecule has 0 unspecified atom stereocenters. The Labute approximate surface area is 85.0 Å². The molecular weight excluding hydrogens is 176 g/mol. The standard InChI is InChI=1S/C12H18O2/c1-2-3-4-5-6-8-11-9-7-10-14-12(11)13/h7,9-10H,2-6,8H2,1H3. The van der Waals surface area contributed by atoms with Crippen molar-refractivity contribution in [2.75, 3.05) is 0 Å². The van der Waals surface area contributed by atoms with Crippen LogP contribution < -0.4 is 5.63 Å². The molecule has 0 saturated heterocycles. The third-order valence-electron chi connectivity index (χ3n) is 2.36. The third kappa shape index (κ3) is 3.77. The van der Waals surface area contributed by atoms with E-state index in [1.165, 1.54) is 31.9 Å². The fourth-order valence-corrected chi connectivity index (χ4v) is 1.50. The first-order chi connectivity index (χ1) is 6.84. The summed E-state index contributed by atoms with van der Waals surface area (Å²) in [5.74, 6) is 0. The number of rotatable bonds is 6. The van der Waals surface area contributed by atoms with Gasteiger partial charge in [0.15, 0.2) is 0 Å². The zero-order valence-electron chi connectivity index (χ0n) is 8.79. The molecule has 0 bridgehead atoms. The number of unbranched alkanes of at least 4 members (excludes halogenated alkanes) is 4. The summed E-state index contributed by atoms with van der Waals surface area (Å²) >= 11 is 0. The molecule has 0 aliphatic carbocycles. The largest absolute Gasteiger partial charge is 0.431 e. The molecule has 0 saturated carbocycles. The second kappa shape index (κ2) is 6.41. The van der Waals surface area contributed by atoms with E-state index in [9.17, 15) is 4.79 Å². The van der Waals surface area contributed by atoms with Gasteiger partial charge in [-0.05, 0) is 25.0 Å². The maximum atomic E-state index is 11.2. The minimum absolute atomic E-state index is 0.178. The molecule has 1 heterocycles.